The zero-order valence-corrected chi connectivity index (χ0v) is 17.8. The van der Waals surface area contributed by atoms with Crippen LogP contribution in [0, 0.1) is 6.92 Å². The number of para-hydroxylation sites is 1. The molecule has 0 aliphatic rings. The maximum Gasteiger partial charge on any atom is 0.355 e. The van der Waals surface area contributed by atoms with E-state index in [4.69, 9.17) is 9.84 Å². The molecule has 9 nitrogen and oxygen atoms in total. The van der Waals surface area contributed by atoms with Crippen LogP contribution in [0.2, 0.25) is 0 Å². The molecule has 0 radical (unpaired) electrons. The number of carboxylic acids is 1. The quantitative estimate of drug-likeness (QED) is 0.360. The lowest BCUT2D eigenvalue weighted by Crippen LogP contribution is -2.09. The van der Waals surface area contributed by atoms with Gasteiger partial charge in [0.15, 0.2) is 27.6 Å². The van der Waals surface area contributed by atoms with Gasteiger partial charge in [-0.2, -0.15) is 0 Å². The van der Waals surface area contributed by atoms with Crippen molar-refractivity contribution in [3.8, 4) is 0 Å². The molecular formula is C19H18N6O3S2. The largest absolute Gasteiger partial charge is 0.476 e. The molecule has 0 saturated heterocycles. The molecule has 3 aromatic heterocycles. The highest BCUT2D eigenvalue weighted by Crippen LogP contribution is 2.31. The summed E-state index contributed by atoms with van der Waals surface area (Å²) in [6.07, 6.45) is 0. The zero-order chi connectivity index (χ0) is 21.1. The minimum Gasteiger partial charge on any atom is -0.476 e. The molecule has 154 valence electrons. The first kappa shape index (κ1) is 20.1. The first-order chi connectivity index (χ1) is 14.5. The highest BCUT2D eigenvalue weighted by Gasteiger charge is 2.17. The number of ether oxygens (including phenoxy) is 1. The Labute approximate surface area is 179 Å². The van der Waals surface area contributed by atoms with Gasteiger partial charge >= 0.3 is 5.97 Å². The first-order valence-corrected chi connectivity index (χ1v) is 10.8. The SMILES string of the molecule is CCOCc1c(Nc2nc(C(=O)O)cs2)nnc(Nc2nc3ccccc3s2)c1C. The number of hydrogen-bond acceptors (Lipinski definition) is 10. The van der Waals surface area contributed by atoms with Crippen molar-refractivity contribution in [3.05, 3.63) is 46.5 Å². The highest BCUT2D eigenvalue weighted by atomic mass is 32.1. The van der Waals surface area contributed by atoms with Gasteiger partial charge in [-0.05, 0) is 26.0 Å². The number of carbonyl (C=O) groups is 1. The summed E-state index contributed by atoms with van der Waals surface area (Å²) in [5.41, 5.74) is 2.56. The molecular weight excluding hydrogens is 424 g/mol. The monoisotopic (exact) mass is 442 g/mol. The Morgan fingerprint density at radius 2 is 1.90 bits per heavy atom. The van der Waals surface area contributed by atoms with Gasteiger partial charge in [0.25, 0.3) is 0 Å². The topological polar surface area (TPSA) is 122 Å². The standard InChI is InChI=1S/C19H18N6O3S2/c1-3-28-8-11-10(2)15(22-19-20-12-6-4-5-7-14(12)30-19)24-25-16(11)23-18-21-13(9-29-18)17(26)27/h4-7,9H,3,8H2,1-2H3,(H,26,27)(H,20,22,24)(H,21,23,25). The number of rotatable bonds is 8. The van der Waals surface area contributed by atoms with E-state index in [0.29, 0.717) is 30.0 Å². The van der Waals surface area contributed by atoms with Crippen LogP contribution < -0.4 is 10.6 Å². The van der Waals surface area contributed by atoms with E-state index >= 15 is 0 Å². The number of aromatic nitrogens is 4. The molecule has 4 aromatic rings. The summed E-state index contributed by atoms with van der Waals surface area (Å²) in [4.78, 5) is 19.7. The normalized spacial score (nSPS) is 11.0. The fourth-order valence-electron chi connectivity index (χ4n) is 2.71. The molecule has 0 saturated carbocycles. The van der Waals surface area contributed by atoms with Crippen molar-refractivity contribution in [1.29, 1.82) is 0 Å². The van der Waals surface area contributed by atoms with E-state index in [-0.39, 0.29) is 5.69 Å². The van der Waals surface area contributed by atoms with E-state index in [1.54, 1.807) is 0 Å². The highest BCUT2D eigenvalue weighted by molar-refractivity contribution is 7.22. The van der Waals surface area contributed by atoms with Crippen molar-refractivity contribution in [2.75, 3.05) is 17.2 Å². The fourth-order valence-corrected chi connectivity index (χ4v) is 4.26. The van der Waals surface area contributed by atoms with Crippen LogP contribution >= 0.6 is 22.7 Å². The molecule has 4 rings (SSSR count). The lowest BCUT2D eigenvalue weighted by molar-refractivity contribution is 0.0691. The molecule has 11 heteroatoms. The number of nitrogens with one attached hydrogen (secondary N) is 2. The second-order valence-corrected chi connectivity index (χ2v) is 8.11. The van der Waals surface area contributed by atoms with Crippen LogP contribution in [-0.4, -0.2) is 37.8 Å². The van der Waals surface area contributed by atoms with Crippen molar-refractivity contribution >= 4 is 60.8 Å². The average molecular weight is 443 g/mol. The van der Waals surface area contributed by atoms with Gasteiger partial charge in [-0.3, -0.25) is 0 Å². The third kappa shape index (κ3) is 4.22. The summed E-state index contributed by atoms with van der Waals surface area (Å²) in [5, 5.41) is 26.6. The summed E-state index contributed by atoms with van der Waals surface area (Å²) < 4.78 is 6.70. The summed E-state index contributed by atoms with van der Waals surface area (Å²) in [7, 11) is 0. The van der Waals surface area contributed by atoms with Gasteiger partial charge in [-0.15, -0.1) is 21.5 Å². The molecule has 1 aromatic carbocycles. The van der Waals surface area contributed by atoms with Crippen molar-refractivity contribution in [3.63, 3.8) is 0 Å². The molecule has 0 unspecified atom stereocenters. The van der Waals surface area contributed by atoms with Crippen molar-refractivity contribution < 1.29 is 14.6 Å². The molecule has 3 N–H and O–H groups in total. The average Bonchev–Trinajstić information content (AvgIpc) is 3.36. The molecule has 0 bridgehead atoms. The lowest BCUT2D eigenvalue weighted by atomic mass is 10.1. The molecule has 30 heavy (non-hydrogen) atoms. The van der Waals surface area contributed by atoms with Crippen molar-refractivity contribution in [2.45, 2.75) is 20.5 Å². The Morgan fingerprint density at radius 3 is 2.63 bits per heavy atom. The second kappa shape index (κ2) is 8.69. The molecule has 0 amide bonds. The van der Waals surface area contributed by atoms with Crippen molar-refractivity contribution in [2.24, 2.45) is 0 Å². The van der Waals surface area contributed by atoms with Gasteiger partial charge in [0, 0.05) is 23.1 Å². The maximum atomic E-state index is 11.1. The smallest absolute Gasteiger partial charge is 0.355 e. The lowest BCUT2D eigenvalue weighted by Gasteiger charge is -2.14. The Bertz CT molecular complexity index is 1170. The van der Waals surface area contributed by atoms with Gasteiger partial charge in [0.2, 0.25) is 0 Å². The number of aromatic carboxylic acids is 1. The molecule has 0 aliphatic carbocycles. The van der Waals surface area contributed by atoms with Crippen LogP contribution in [0.3, 0.4) is 0 Å². The minimum absolute atomic E-state index is 0.0207. The molecule has 0 fully saturated rings. The number of nitrogens with zero attached hydrogens (tertiary/aromatic N) is 4. The predicted octanol–water partition coefficient (Wildman–Crippen LogP) is 4.57. The summed E-state index contributed by atoms with van der Waals surface area (Å²) in [6.45, 7) is 4.71. The van der Waals surface area contributed by atoms with Crippen LogP contribution in [0.1, 0.15) is 28.5 Å². The van der Waals surface area contributed by atoms with Gasteiger partial charge in [0.05, 0.1) is 16.8 Å². The summed E-state index contributed by atoms with van der Waals surface area (Å²) >= 11 is 2.72. The van der Waals surface area contributed by atoms with Crippen LogP contribution in [0.5, 0.6) is 0 Å². The molecule has 3 heterocycles. The van der Waals surface area contributed by atoms with Crippen LogP contribution in [0.15, 0.2) is 29.6 Å². The molecule has 0 aliphatic heterocycles. The van der Waals surface area contributed by atoms with E-state index in [1.807, 2.05) is 38.1 Å². The van der Waals surface area contributed by atoms with Crippen LogP contribution in [0.25, 0.3) is 10.2 Å². The Kier molecular flexibility index (Phi) is 5.84. The third-order valence-corrected chi connectivity index (χ3v) is 5.97. The minimum atomic E-state index is -1.08. The van der Waals surface area contributed by atoms with Crippen LogP contribution in [-0.2, 0) is 11.3 Å². The van der Waals surface area contributed by atoms with Gasteiger partial charge in [-0.1, -0.05) is 23.5 Å². The van der Waals surface area contributed by atoms with E-state index in [1.165, 1.54) is 28.1 Å². The number of hydrogen-bond donors (Lipinski definition) is 3. The number of fused-ring (bicyclic) bond motifs is 1. The number of benzene rings is 1. The van der Waals surface area contributed by atoms with E-state index in [0.717, 1.165) is 26.5 Å². The molecule has 0 spiro atoms. The summed E-state index contributed by atoms with van der Waals surface area (Å²) in [6, 6.07) is 7.91. The van der Waals surface area contributed by atoms with E-state index in [9.17, 15) is 4.79 Å². The van der Waals surface area contributed by atoms with E-state index in [2.05, 4.69) is 30.8 Å². The fraction of sp³-hybridized carbons (Fsp3) is 0.211. The number of anilines is 4. The number of thiazole rings is 2. The summed E-state index contributed by atoms with van der Waals surface area (Å²) in [5.74, 6) is -0.0201. The Balaban J connectivity index is 1.64. The van der Waals surface area contributed by atoms with E-state index < -0.39 is 5.97 Å². The van der Waals surface area contributed by atoms with Gasteiger partial charge in [0.1, 0.15) is 0 Å². The predicted molar refractivity (Wildman–Crippen MR) is 117 cm³/mol. The second-order valence-electron chi connectivity index (χ2n) is 6.22. The van der Waals surface area contributed by atoms with Gasteiger partial charge < -0.3 is 20.5 Å². The Morgan fingerprint density at radius 1 is 1.13 bits per heavy atom. The zero-order valence-electron chi connectivity index (χ0n) is 16.2. The Hall–Kier alpha value is -3.15. The van der Waals surface area contributed by atoms with Crippen molar-refractivity contribution in [1.82, 2.24) is 20.2 Å². The van der Waals surface area contributed by atoms with Crippen LogP contribution in [0.4, 0.5) is 21.9 Å². The maximum absolute atomic E-state index is 11.1. The third-order valence-electron chi connectivity index (χ3n) is 4.26. The molecule has 0 atom stereocenters. The first-order valence-electron chi connectivity index (χ1n) is 9.07. The van der Waals surface area contributed by atoms with Gasteiger partial charge in [-0.25, -0.2) is 14.8 Å². The number of carboxylic acid groups (broad SMARTS) is 1.